The lowest BCUT2D eigenvalue weighted by molar-refractivity contribution is -0.0499. The van der Waals surface area contributed by atoms with E-state index in [4.69, 9.17) is 0 Å². The third-order valence-electron chi connectivity index (χ3n) is 13.3. The average molecular weight is 964 g/mol. The van der Waals surface area contributed by atoms with Gasteiger partial charge in [-0.2, -0.15) is 21.6 Å². The number of para-hydroxylation sites is 1. The monoisotopic (exact) mass is 963 g/mol. The molecule has 350 valence electrons. The van der Waals surface area contributed by atoms with E-state index in [-0.39, 0.29) is 11.3 Å². The number of hydrogen-bond acceptors (Lipinski definition) is 4. The quantitative estimate of drug-likeness (QED) is 0.107. The van der Waals surface area contributed by atoms with Gasteiger partial charge in [0, 0.05) is 22.5 Å². The molecule has 0 radical (unpaired) electrons. The van der Waals surface area contributed by atoms with E-state index in [0.717, 1.165) is 22.4 Å². The van der Waals surface area contributed by atoms with Crippen LogP contribution in [0.15, 0.2) is 267 Å². The minimum Gasteiger partial charge on any atom is -0.375 e. The normalized spacial score (nSPS) is 12.6. The van der Waals surface area contributed by atoms with Crippen LogP contribution in [0.25, 0.3) is 54.9 Å². The van der Waals surface area contributed by atoms with Crippen molar-refractivity contribution in [3.05, 3.63) is 289 Å². The Labute approximate surface area is 416 Å². The number of rotatable bonds is 9. The summed E-state index contributed by atoms with van der Waals surface area (Å²) in [7, 11) is -5.75. The predicted molar refractivity (Wildman–Crippen MR) is 286 cm³/mol. The van der Waals surface area contributed by atoms with Crippen LogP contribution in [0, 0.1) is 0 Å². The Hall–Kier alpha value is -8.72. The van der Waals surface area contributed by atoms with E-state index in [2.05, 4.69) is 209 Å². The number of nitrogens with zero attached hydrogens (tertiary/aromatic N) is 1. The van der Waals surface area contributed by atoms with Crippen molar-refractivity contribution in [1.82, 2.24) is 0 Å². The largest absolute Gasteiger partial charge is 0.534 e. The predicted octanol–water partition coefficient (Wildman–Crippen LogP) is 17.1. The summed E-state index contributed by atoms with van der Waals surface area (Å²) in [5, 5.41) is 3.77. The summed E-state index contributed by atoms with van der Waals surface area (Å²) in [4.78, 5) is 2.44. The topological polar surface area (TPSA) is 46.6 Å². The number of anilines is 3. The first-order valence-electron chi connectivity index (χ1n) is 23.5. The molecule has 0 fully saturated rings. The highest BCUT2D eigenvalue weighted by Gasteiger charge is 2.49. The molecule has 0 spiro atoms. The first-order chi connectivity index (χ1) is 35.1. The van der Waals surface area contributed by atoms with Crippen LogP contribution in [0.5, 0.6) is 5.75 Å². The molecule has 0 bridgehead atoms. The summed E-state index contributed by atoms with van der Waals surface area (Å²) in [5.74, 6) is -0.364. The van der Waals surface area contributed by atoms with Crippen molar-refractivity contribution in [2.24, 2.45) is 0 Å². The molecule has 1 aliphatic carbocycles. The van der Waals surface area contributed by atoms with Gasteiger partial charge in [0.05, 0.1) is 11.1 Å². The van der Waals surface area contributed by atoms with Gasteiger partial charge in [-0.15, -0.1) is 0 Å². The fraction of sp³-hybridized carbons (Fsp3) is 0.0312. The van der Waals surface area contributed by atoms with E-state index in [1.54, 1.807) is 60.7 Å². The zero-order valence-electron chi connectivity index (χ0n) is 38.6. The number of alkyl halides is 3. The molecule has 0 N–H and O–H groups in total. The summed E-state index contributed by atoms with van der Waals surface area (Å²) in [6.45, 7) is 0. The number of hydrogen-bond donors (Lipinski definition) is 0. The average Bonchev–Trinajstić information content (AvgIpc) is 3.72. The number of fused-ring (bicyclic) bond motifs is 5. The minimum atomic E-state index is -5.75. The van der Waals surface area contributed by atoms with Gasteiger partial charge in [-0.1, -0.05) is 218 Å². The van der Waals surface area contributed by atoms with E-state index in [9.17, 15) is 21.6 Å². The molecular formula is C64H44F3NO3S. The van der Waals surface area contributed by atoms with Gasteiger partial charge in [-0.25, -0.2) is 0 Å². The Morgan fingerprint density at radius 3 is 1.36 bits per heavy atom. The van der Waals surface area contributed by atoms with Gasteiger partial charge in [0.25, 0.3) is 0 Å². The molecule has 12 rings (SSSR count). The van der Waals surface area contributed by atoms with Gasteiger partial charge in [-0.05, 0) is 115 Å². The lowest BCUT2D eigenvalue weighted by atomic mass is 9.67. The van der Waals surface area contributed by atoms with Crippen LogP contribution >= 0.6 is 0 Å². The maximum Gasteiger partial charge on any atom is 0.534 e. The highest BCUT2D eigenvalue weighted by atomic mass is 32.2. The molecule has 11 aromatic rings. The molecule has 0 aliphatic heterocycles. The molecule has 0 amide bonds. The summed E-state index contributed by atoms with van der Waals surface area (Å²) in [6.07, 6.45) is 0. The number of halogens is 3. The SMILES string of the molecule is O=S(=O)(Oc1cc2ccccc2cc1-c1ccccc1)C(F)(F)F.c1ccc(-c2cc3ccccc3cc2N(c2ccccc2)c2ccc3c(c2)C(c2ccccc2)(c2ccccc2)c2ccccc2-3)cc1. The fourth-order valence-corrected chi connectivity index (χ4v) is 10.6. The molecular weight excluding hydrogens is 920 g/mol. The van der Waals surface area contributed by atoms with Crippen molar-refractivity contribution in [2.75, 3.05) is 4.90 Å². The maximum absolute atomic E-state index is 12.7. The molecule has 4 nitrogen and oxygen atoms in total. The minimum absolute atomic E-state index is 0.266. The lowest BCUT2D eigenvalue weighted by Crippen LogP contribution is -2.28. The second-order valence-corrected chi connectivity index (χ2v) is 19.1. The van der Waals surface area contributed by atoms with E-state index in [1.807, 2.05) is 0 Å². The molecule has 0 atom stereocenters. The Morgan fingerprint density at radius 1 is 0.375 bits per heavy atom. The van der Waals surface area contributed by atoms with Gasteiger partial charge in [-0.3, -0.25) is 0 Å². The fourth-order valence-electron chi connectivity index (χ4n) is 10.1. The van der Waals surface area contributed by atoms with Crippen molar-refractivity contribution in [3.63, 3.8) is 0 Å². The third-order valence-corrected chi connectivity index (χ3v) is 14.3. The Bertz CT molecular complexity index is 3800. The van der Waals surface area contributed by atoms with E-state index < -0.39 is 21.0 Å². The Morgan fingerprint density at radius 2 is 0.806 bits per heavy atom. The lowest BCUT2D eigenvalue weighted by Gasteiger charge is -2.35. The maximum atomic E-state index is 12.7. The van der Waals surface area contributed by atoms with Crippen molar-refractivity contribution in [2.45, 2.75) is 10.9 Å². The first kappa shape index (κ1) is 45.7. The van der Waals surface area contributed by atoms with Gasteiger partial charge >= 0.3 is 15.6 Å². The standard InChI is InChI=1S/C47H33N.C17H11F3O3S/c1-5-17-34(18-6-1)43-31-35-19-13-14-20-36(35)32-46(43)48(39-25-11-4-12-26-39)40-29-30-42-41-27-15-16-28-44(41)47(45(42)33-40,37-21-7-2-8-22-37)38-23-9-3-10-24-38;18-17(19,20)24(21,22)23-16-11-14-9-5-4-8-13(14)10-15(16)12-6-2-1-3-7-12/h1-33H;1-11H. The molecule has 1 aliphatic rings. The van der Waals surface area contributed by atoms with Crippen molar-refractivity contribution < 1.29 is 25.8 Å². The summed E-state index contributed by atoms with van der Waals surface area (Å²) in [5.41, 5.74) is 8.32. The van der Waals surface area contributed by atoms with Crippen LogP contribution in [0.4, 0.5) is 30.2 Å². The van der Waals surface area contributed by atoms with E-state index in [0.29, 0.717) is 10.9 Å². The molecule has 72 heavy (non-hydrogen) atoms. The van der Waals surface area contributed by atoms with Crippen molar-refractivity contribution in [1.29, 1.82) is 0 Å². The molecule has 0 saturated heterocycles. The molecule has 11 aromatic carbocycles. The zero-order valence-corrected chi connectivity index (χ0v) is 39.4. The highest BCUT2D eigenvalue weighted by molar-refractivity contribution is 7.88. The van der Waals surface area contributed by atoms with Crippen LogP contribution < -0.4 is 9.08 Å². The highest BCUT2D eigenvalue weighted by Crippen LogP contribution is 2.57. The second kappa shape index (κ2) is 18.9. The van der Waals surface area contributed by atoms with Crippen LogP contribution in [0.1, 0.15) is 22.3 Å². The second-order valence-electron chi connectivity index (χ2n) is 17.6. The Kier molecular flexibility index (Phi) is 12.0. The summed E-state index contributed by atoms with van der Waals surface area (Å²) < 4.78 is 65.2. The van der Waals surface area contributed by atoms with Crippen molar-refractivity contribution >= 4 is 48.7 Å². The summed E-state index contributed by atoms with van der Waals surface area (Å²) >= 11 is 0. The van der Waals surface area contributed by atoms with Crippen molar-refractivity contribution in [3.8, 4) is 39.1 Å². The van der Waals surface area contributed by atoms with E-state index >= 15 is 0 Å². The molecule has 0 unspecified atom stereocenters. The third kappa shape index (κ3) is 8.35. The van der Waals surface area contributed by atoms with Gasteiger partial charge < -0.3 is 9.08 Å². The number of benzene rings is 11. The zero-order chi connectivity index (χ0) is 49.3. The van der Waals surface area contributed by atoms with Crippen LogP contribution in [0.3, 0.4) is 0 Å². The molecule has 0 saturated carbocycles. The van der Waals surface area contributed by atoms with Gasteiger partial charge in [0.15, 0.2) is 5.75 Å². The van der Waals surface area contributed by atoms with Crippen LogP contribution in [-0.2, 0) is 15.5 Å². The smallest absolute Gasteiger partial charge is 0.375 e. The summed E-state index contributed by atoms with van der Waals surface area (Å²) in [6, 6.07) is 91.3. The molecule has 8 heteroatoms. The Balaban J connectivity index is 0.000000196. The first-order valence-corrected chi connectivity index (χ1v) is 24.9. The van der Waals surface area contributed by atoms with Gasteiger partial charge in [0.1, 0.15) is 0 Å². The molecule has 0 aromatic heterocycles. The van der Waals surface area contributed by atoms with Crippen LogP contribution in [0.2, 0.25) is 0 Å². The van der Waals surface area contributed by atoms with Gasteiger partial charge in [0.2, 0.25) is 0 Å². The molecule has 0 heterocycles. The van der Waals surface area contributed by atoms with E-state index in [1.165, 1.54) is 61.3 Å². The van der Waals surface area contributed by atoms with Crippen LogP contribution in [-0.4, -0.2) is 13.9 Å².